The molecule has 0 spiro atoms. The quantitative estimate of drug-likeness (QED) is 0.798. The fourth-order valence-electron chi connectivity index (χ4n) is 1.79. The molecule has 1 aromatic carbocycles. The molecule has 0 aliphatic carbocycles. The fraction of sp³-hybridized carbons (Fsp3) is 0.385. The number of nitrogen functional groups attached to an aromatic ring is 1. The summed E-state index contributed by atoms with van der Waals surface area (Å²) < 4.78 is 6.61. The van der Waals surface area contributed by atoms with Gasteiger partial charge in [-0.1, -0.05) is 12.1 Å². The normalized spacial score (nSPS) is 10.7. The predicted molar refractivity (Wildman–Crippen MR) is 75.6 cm³/mol. The second-order valence-corrected chi connectivity index (χ2v) is 4.41. The van der Waals surface area contributed by atoms with Crippen LogP contribution in [0, 0.1) is 13.8 Å². The molecule has 0 saturated carbocycles. The second-order valence-electron chi connectivity index (χ2n) is 4.41. The highest BCUT2D eigenvalue weighted by Gasteiger charge is 2.10. The average molecular weight is 261 g/mol. The number of nitrogens with zero attached hydrogens (tertiary/aromatic N) is 3. The van der Waals surface area contributed by atoms with Gasteiger partial charge in [0, 0.05) is 13.7 Å². The number of aromatic nitrogens is 3. The van der Waals surface area contributed by atoms with Crippen LogP contribution in [0.15, 0.2) is 18.2 Å². The molecule has 0 bridgehead atoms. The zero-order valence-electron chi connectivity index (χ0n) is 11.5. The summed E-state index contributed by atoms with van der Waals surface area (Å²) >= 11 is 0. The standard InChI is InChI=1S/C13H19N5O/c1-9-4-5-10(2)11(8-9)18-12(14)16-13(17-18)15-6-7-19-3/h4-5,8H,6-7H2,1-3H3,(H3,14,15,16,17). The first kappa shape index (κ1) is 13.4. The van der Waals surface area contributed by atoms with Crippen LogP contribution in [0.5, 0.6) is 0 Å². The maximum absolute atomic E-state index is 5.91. The van der Waals surface area contributed by atoms with E-state index < -0.39 is 0 Å². The number of anilines is 2. The SMILES string of the molecule is COCCNc1nc(N)n(-c2cc(C)ccc2C)n1. The average Bonchev–Trinajstić information content (AvgIpc) is 2.74. The molecule has 2 aromatic rings. The lowest BCUT2D eigenvalue weighted by Crippen LogP contribution is -2.09. The molecule has 2 rings (SSSR count). The first-order valence-corrected chi connectivity index (χ1v) is 6.15. The van der Waals surface area contributed by atoms with Gasteiger partial charge in [0.1, 0.15) is 0 Å². The molecule has 1 heterocycles. The smallest absolute Gasteiger partial charge is 0.244 e. The van der Waals surface area contributed by atoms with Gasteiger partial charge >= 0.3 is 0 Å². The number of nitrogens with one attached hydrogen (secondary N) is 1. The van der Waals surface area contributed by atoms with Crippen molar-refractivity contribution < 1.29 is 4.74 Å². The lowest BCUT2D eigenvalue weighted by atomic mass is 10.1. The first-order valence-electron chi connectivity index (χ1n) is 6.15. The minimum atomic E-state index is 0.369. The Labute approximate surface area is 112 Å². The van der Waals surface area contributed by atoms with E-state index >= 15 is 0 Å². The fourth-order valence-corrected chi connectivity index (χ4v) is 1.79. The van der Waals surface area contributed by atoms with Gasteiger partial charge in [-0.2, -0.15) is 9.67 Å². The van der Waals surface area contributed by atoms with Crippen molar-refractivity contribution in [2.75, 3.05) is 31.3 Å². The number of benzene rings is 1. The van der Waals surface area contributed by atoms with Crippen molar-refractivity contribution in [3.8, 4) is 5.69 Å². The maximum Gasteiger partial charge on any atom is 0.244 e. The molecule has 3 N–H and O–H groups in total. The highest BCUT2D eigenvalue weighted by atomic mass is 16.5. The van der Waals surface area contributed by atoms with Gasteiger partial charge in [0.05, 0.1) is 12.3 Å². The zero-order chi connectivity index (χ0) is 13.8. The Morgan fingerprint density at radius 2 is 2.16 bits per heavy atom. The minimum Gasteiger partial charge on any atom is -0.383 e. The van der Waals surface area contributed by atoms with E-state index in [9.17, 15) is 0 Å². The summed E-state index contributed by atoms with van der Waals surface area (Å²) in [5.41, 5.74) is 9.12. The highest BCUT2D eigenvalue weighted by molar-refractivity contribution is 5.48. The largest absolute Gasteiger partial charge is 0.383 e. The monoisotopic (exact) mass is 261 g/mol. The third kappa shape index (κ3) is 3.03. The molecule has 0 amide bonds. The van der Waals surface area contributed by atoms with Crippen LogP contribution in [0.3, 0.4) is 0 Å². The van der Waals surface area contributed by atoms with Gasteiger partial charge in [0.2, 0.25) is 11.9 Å². The van der Waals surface area contributed by atoms with Gasteiger partial charge in [-0.05, 0) is 31.0 Å². The highest BCUT2D eigenvalue weighted by Crippen LogP contribution is 2.18. The van der Waals surface area contributed by atoms with E-state index in [1.54, 1.807) is 11.8 Å². The van der Waals surface area contributed by atoms with E-state index in [1.807, 2.05) is 26.0 Å². The third-order valence-electron chi connectivity index (χ3n) is 2.81. The molecule has 0 unspecified atom stereocenters. The van der Waals surface area contributed by atoms with Crippen LogP contribution in [-0.2, 0) is 4.74 Å². The summed E-state index contributed by atoms with van der Waals surface area (Å²) in [5.74, 6) is 0.879. The molecule has 0 fully saturated rings. The Hall–Kier alpha value is -2.08. The number of aryl methyl sites for hydroxylation is 2. The van der Waals surface area contributed by atoms with Crippen molar-refractivity contribution in [2.24, 2.45) is 0 Å². The molecule has 0 atom stereocenters. The van der Waals surface area contributed by atoms with Gasteiger partial charge in [0.25, 0.3) is 0 Å². The summed E-state index contributed by atoms with van der Waals surface area (Å²) in [5, 5.41) is 7.43. The van der Waals surface area contributed by atoms with Crippen molar-refractivity contribution in [2.45, 2.75) is 13.8 Å². The molecule has 0 radical (unpaired) electrons. The molecular weight excluding hydrogens is 242 g/mol. The molecule has 0 saturated heterocycles. The van der Waals surface area contributed by atoms with Crippen LogP contribution >= 0.6 is 0 Å². The van der Waals surface area contributed by atoms with E-state index in [0.717, 1.165) is 16.8 Å². The Balaban J connectivity index is 2.27. The van der Waals surface area contributed by atoms with Gasteiger partial charge in [-0.3, -0.25) is 0 Å². The lowest BCUT2D eigenvalue weighted by Gasteiger charge is -2.07. The number of hydrogen-bond acceptors (Lipinski definition) is 5. The van der Waals surface area contributed by atoms with E-state index in [4.69, 9.17) is 10.5 Å². The predicted octanol–water partition coefficient (Wildman–Crippen LogP) is 1.52. The molecule has 6 nitrogen and oxygen atoms in total. The zero-order valence-corrected chi connectivity index (χ0v) is 11.5. The number of ether oxygens (including phenoxy) is 1. The molecular formula is C13H19N5O. The Morgan fingerprint density at radius 3 is 2.89 bits per heavy atom. The van der Waals surface area contributed by atoms with Crippen molar-refractivity contribution in [1.29, 1.82) is 0 Å². The van der Waals surface area contributed by atoms with Crippen molar-refractivity contribution >= 4 is 11.9 Å². The topological polar surface area (TPSA) is 78.0 Å². The third-order valence-corrected chi connectivity index (χ3v) is 2.81. The van der Waals surface area contributed by atoms with Crippen molar-refractivity contribution in [3.05, 3.63) is 29.3 Å². The molecule has 19 heavy (non-hydrogen) atoms. The molecule has 102 valence electrons. The molecule has 6 heteroatoms. The van der Waals surface area contributed by atoms with E-state index in [-0.39, 0.29) is 0 Å². The number of nitrogens with two attached hydrogens (primary N) is 1. The number of methoxy groups -OCH3 is 1. The summed E-state index contributed by atoms with van der Waals surface area (Å²) in [6, 6.07) is 6.15. The number of rotatable bonds is 5. The summed E-state index contributed by atoms with van der Waals surface area (Å²) in [4.78, 5) is 4.19. The van der Waals surface area contributed by atoms with Crippen LogP contribution < -0.4 is 11.1 Å². The van der Waals surface area contributed by atoms with E-state index in [0.29, 0.717) is 25.0 Å². The molecule has 0 aliphatic heterocycles. The summed E-state index contributed by atoms with van der Waals surface area (Å²) in [7, 11) is 1.65. The van der Waals surface area contributed by atoms with E-state index in [1.165, 1.54) is 0 Å². The van der Waals surface area contributed by atoms with Crippen molar-refractivity contribution in [3.63, 3.8) is 0 Å². The van der Waals surface area contributed by atoms with E-state index in [2.05, 4.69) is 21.5 Å². The Morgan fingerprint density at radius 1 is 1.37 bits per heavy atom. The van der Waals surface area contributed by atoms with Crippen LogP contribution in [0.1, 0.15) is 11.1 Å². The Bertz CT molecular complexity index is 564. The maximum atomic E-state index is 5.91. The minimum absolute atomic E-state index is 0.369. The van der Waals surface area contributed by atoms with Gasteiger partial charge in [0.15, 0.2) is 0 Å². The van der Waals surface area contributed by atoms with Gasteiger partial charge < -0.3 is 15.8 Å². The summed E-state index contributed by atoms with van der Waals surface area (Å²) in [6.45, 7) is 5.30. The lowest BCUT2D eigenvalue weighted by molar-refractivity contribution is 0.210. The van der Waals surface area contributed by atoms with Gasteiger partial charge in [-0.25, -0.2) is 0 Å². The van der Waals surface area contributed by atoms with Crippen molar-refractivity contribution in [1.82, 2.24) is 14.8 Å². The first-order chi connectivity index (χ1) is 9.11. The van der Waals surface area contributed by atoms with Crippen LogP contribution in [0.2, 0.25) is 0 Å². The van der Waals surface area contributed by atoms with Gasteiger partial charge in [-0.15, -0.1) is 5.10 Å². The van der Waals surface area contributed by atoms with Crippen LogP contribution in [0.4, 0.5) is 11.9 Å². The van der Waals surface area contributed by atoms with Crippen LogP contribution in [0.25, 0.3) is 5.69 Å². The second kappa shape index (κ2) is 5.71. The Kier molecular flexibility index (Phi) is 4.01. The van der Waals surface area contributed by atoms with Crippen LogP contribution in [-0.4, -0.2) is 35.0 Å². The molecule has 0 aliphatic rings. The molecule has 1 aromatic heterocycles. The summed E-state index contributed by atoms with van der Waals surface area (Å²) in [6.07, 6.45) is 0. The number of hydrogen-bond donors (Lipinski definition) is 2.